The predicted octanol–water partition coefficient (Wildman–Crippen LogP) is 16.3. The van der Waals surface area contributed by atoms with Gasteiger partial charge in [-0.15, -0.1) is 96.1 Å². The summed E-state index contributed by atoms with van der Waals surface area (Å²) in [6.07, 6.45) is 2.47. The van der Waals surface area contributed by atoms with Crippen molar-refractivity contribution in [3.05, 3.63) is 396 Å². The molecule has 0 bridgehead atoms. The average Bonchev–Trinajstić information content (AvgIpc) is 1.57. The van der Waals surface area contributed by atoms with Gasteiger partial charge in [0.1, 0.15) is 37.4 Å². The zero-order chi connectivity index (χ0) is 81.8. The summed E-state index contributed by atoms with van der Waals surface area (Å²) in [7, 11) is 3.66. The fourth-order valence-electron chi connectivity index (χ4n) is 13.2. The number of carboxylic acid groups (broad SMARTS) is 2. The molecule has 0 amide bonds. The number of likely N-dealkylation sites (N-methyl/N-ethyl adjacent to an activating group) is 2. The van der Waals surface area contributed by atoms with E-state index in [2.05, 4.69) is 81.2 Å². The first-order valence-corrected chi connectivity index (χ1v) is 37.4. The zero-order valence-electron chi connectivity index (χ0n) is 63.7. The predicted molar refractivity (Wildman–Crippen MR) is 446 cm³/mol. The summed E-state index contributed by atoms with van der Waals surface area (Å²) in [6.45, 7) is 0. The molecular formula is C94H62F4N14O4Pt4S2+2. The first kappa shape index (κ1) is 90.4. The monoisotopic (exact) mass is 2370 g/mol. The van der Waals surface area contributed by atoms with Crippen molar-refractivity contribution in [2.45, 2.75) is 22.1 Å². The van der Waals surface area contributed by atoms with Gasteiger partial charge in [-0.1, -0.05) is 169 Å². The molecular weight excluding hydrogens is 2310 g/mol. The maximum absolute atomic E-state index is 14.4. The van der Waals surface area contributed by atoms with Gasteiger partial charge in [-0.2, -0.15) is 18.9 Å². The number of carboxylic acids is 2. The average molecular weight is 2370 g/mol. The Balaban J connectivity index is 0.000000158. The molecule has 16 aromatic rings. The van der Waals surface area contributed by atoms with E-state index < -0.39 is 47.5 Å². The third-order valence-electron chi connectivity index (χ3n) is 18.8. The molecule has 0 aliphatic carbocycles. The van der Waals surface area contributed by atoms with Crippen LogP contribution in [0.1, 0.15) is 20.7 Å². The zero-order valence-corrected chi connectivity index (χ0v) is 74.5. The van der Waals surface area contributed by atoms with Crippen molar-refractivity contribution in [2.24, 2.45) is 9.98 Å². The number of halogens is 4. The fourth-order valence-corrected chi connectivity index (χ4v) is 13.7. The molecule has 122 heavy (non-hydrogen) atoms. The van der Waals surface area contributed by atoms with E-state index in [1.807, 2.05) is 230 Å². The number of aromatic carboxylic acids is 2. The number of hydrogen-bond donors (Lipinski definition) is 2. The molecule has 2 aliphatic heterocycles. The number of rotatable bonds is 16. The van der Waals surface area contributed by atoms with E-state index in [1.54, 1.807) is 65.8 Å². The van der Waals surface area contributed by atoms with Gasteiger partial charge in [-0.3, -0.25) is 47.3 Å². The standard InChI is InChI=1S/C28H15F4N3.C28H19N3.C20H14N4S2.C18H14N4O4.4Pt/c29-18-12-14-21(23(31)16-18)25-8-4-10-27(33-25)35(20-6-2-1-3-7-20)28-11-5-9-26(34-28)22-15-13-19(30)17-24(22)32;1-4-12-22(13-5-1)25-18-10-20-27(29-25)31(24-16-8-3-9-17-24)28-21-11-19-26(30-28)23-14-6-2-7-15-23;25-17-7-3-1-5-13(17)15-9-11-21-19(23-15)20-22-12-10-16(24-20)14-6-2-4-8-18(14)26;1-21-11-7-3-5-9(17(23)24)13(11)19-15(21)16-20-14-10(18(25)26)6-4-8-12(14)22(16)2;;;;/h1-13,16-17H;1-12,14,16-21H;1-12,25-26H;3-8,15-16H,1-2H3;;;;/q2*-2;;;;3*+2. The molecule has 0 radical (unpaired) electrons. The van der Waals surface area contributed by atoms with Gasteiger partial charge in [0.2, 0.25) is 10.7 Å². The van der Waals surface area contributed by atoms with Crippen LogP contribution in [0.25, 0.3) is 79.2 Å². The van der Waals surface area contributed by atoms with E-state index in [0.717, 1.165) is 96.4 Å². The van der Waals surface area contributed by atoms with Gasteiger partial charge in [-0.05, 0) is 107 Å². The van der Waals surface area contributed by atoms with Crippen molar-refractivity contribution in [3.63, 3.8) is 0 Å². The summed E-state index contributed by atoms with van der Waals surface area (Å²) in [5.41, 5.74) is 9.41. The Morgan fingerprint density at radius 2 is 0.730 bits per heavy atom. The number of anilines is 6. The maximum Gasteiger partial charge on any atom is 2.00 e. The van der Waals surface area contributed by atoms with Crippen LogP contribution in [0, 0.1) is 47.5 Å². The van der Waals surface area contributed by atoms with Crippen LogP contribution in [0.4, 0.5) is 52.2 Å². The van der Waals surface area contributed by atoms with Crippen molar-refractivity contribution in [2.75, 3.05) is 23.9 Å². The van der Waals surface area contributed by atoms with Crippen molar-refractivity contribution in [3.8, 4) is 79.2 Å². The van der Waals surface area contributed by atoms with Gasteiger partial charge in [0.15, 0.2) is 22.4 Å². The van der Waals surface area contributed by atoms with E-state index in [1.165, 1.54) is 12.1 Å². The van der Waals surface area contributed by atoms with Gasteiger partial charge >= 0.3 is 87.5 Å². The van der Waals surface area contributed by atoms with Gasteiger partial charge in [0.25, 0.3) is 0 Å². The molecule has 2 atom stereocenters. The third kappa shape index (κ3) is 20.6. The van der Waals surface area contributed by atoms with E-state index in [-0.39, 0.29) is 118 Å². The summed E-state index contributed by atoms with van der Waals surface area (Å²) >= 11 is 10.8. The molecule has 10 aromatic carbocycles. The number of fused-ring (bicyclic) bond motifs is 2. The topological polar surface area (TPSA) is 215 Å². The number of para-hydroxylation sites is 4. The molecule has 18 rings (SSSR count). The Labute approximate surface area is 766 Å². The molecule has 2 N–H and O–H groups in total. The van der Waals surface area contributed by atoms with Crippen LogP contribution in [-0.2, 0) is 110 Å². The number of hydrogen-bond acceptors (Lipinski definition) is 16. The minimum absolute atomic E-state index is 0. The van der Waals surface area contributed by atoms with Gasteiger partial charge in [0.05, 0.1) is 22.5 Å². The number of nitrogens with zero attached hydrogens (tertiary/aromatic N) is 14. The van der Waals surface area contributed by atoms with Crippen LogP contribution in [0.2, 0.25) is 0 Å². The Morgan fingerprint density at radius 1 is 0.385 bits per heavy atom. The summed E-state index contributed by atoms with van der Waals surface area (Å²) in [4.78, 5) is 74.3. The normalized spacial score (nSPS) is 12.4. The Bertz CT molecular complexity index is 6380. The van der Waals surface area contributed by atoms with Crippen LogP contribution < -0.4 is 40.4 Å². The van der Waals surface area contributed by atoms with E-state index >= 15 is 0 Å². The van der Waals surface area contributed by atoms with Crippen molar-refractivity contribution < 1.29 is 122 Å². The van der Waals surface area contributed by atoms with Crippen LogP contribution in [0.15, 0.2) is 335 Å². The number of aromatic nitrogens is 8. The largest absolute Gasteiger partial charge is 2.00 e. The Morgan fingerprint density at radius 3 is 1.08 bits per heavy atom. The van der Waals surface area contributed by atoms with Crippen LogP contribution in [-0.4, -0.2) is 88.5 Å². The third-order valence-corrected chi connectivity index (χ3v) is 19.5. The summed E-state index contributed by atoms with van der Waals surface area (Å²) < 4.78 is 59.4. The first-order valence-electron chi connectivity index (χ1n) is 36.6. The molecule has 2 aliphatic rings. The van der Waals surface area contributed by atoms with Crippen molar-refractivity contribution in [1.29, 1.82) is 0 Å². The minimum Gasteiger partial charge on any atom is -0.779 e. The molecule has 0 fully saturated rings. The molecule has 8 heterocycles. The second kappa shape index (κ2) is 41.7. The summed E-state index contributed by atoms with van der Waals surface area (Å²) in [5.74, 6) is -1.86. The molecule has 0 spiro atoms. The number of carbonyl (C=O) groups is 2. The second-order valence-electron chi connectivity index (χ2n) is 26.3. The molecule has 0 saturated carbocycles. The molecule has 0 saturated heterocycles. The minimum atomic E-state index is -1.03. The Hall–Kier alpha value is -12.4. The summed E-state index contributed by atoms with van der Waals surface area (Å²) in [6, 6.07) is 101. The maximum atomic E-state index is 14.4. The van der Waals surface area contributed by atoms with Crippen molar-refractivity contribution in [1.82, 2.24) is 49.0 Å². The molecule has 28 heteroatoms. The molecule has 18 nitrogen and oxygen atoms in total. The smallest absolute Gasteiger partial charge is 0.779 e. The van der Waals surface area contributed by atoms with Gasteiger partial charge < -0.3 is 35.5 Å². The van der Waals surface area contributed by atoms with Crippen LogP contribution >= 0.6 is 0 Å². The quantitative estimate of drug-likeness (QED) is 0.0398. The first-order chi connectivity index (χ1) is 57.5. The second-order valence-corrected chi connectivity index (χ2v) is 27.2. The van der Waals surface area contributed by atoms with E-state index in [9.17, 15) is 37.4 Å². The molecule has 6 aromatic heterocycles. The molecule has 610 valence electrons. The Kier molecular flexibility index (Phi) is 30.9. The van der Waals surface area contributed by atoms with E-state index in [0.29, 0.717) is 50.4 Å². The summed E-state index contributed by atoms with van der Waals surface area (Å²) in [5, 5.41) is 21.1. The molecule has 2 unspecified atom stereocenters. The van der Waals surface area contributed by atoms with Crippen LogP contribution in [0.3, 0.4) is 0 Å². The van der Waals surface area contributed by atoms with Gasteiger partial charge in [-0.25, -0.2) is 39.5 Å². The van der Waals surface area contributed by atoms with Crippen LogP contribution in [0.5, 0.6) is 0 Å². The van der Waals surface area contributed by atoms with E-state index in [4.69, 9.17) is 35.2 Å². The number of benzene rings is 10. The van der Waals surface area contributed by atoms with Crippen molar-refractivity contribution >= 4 is 71.8 Å². The number of pyridine rings is 4. The van der Waals surface area contributed by atoms with Gasteiger partial charge in [0, 0.05) is 80.2 Å². The SMILES string of the molecule is C[N+]1=c2cccc(C(=O)O)c2=NC1C1N=c2c(C(=O)O)cccc2=[N+]1C.Fc1c[c-]c(-c2cccc(N(c3ccccc3)c3cccc(-c4[c-]cc(F)cc4F)n3)n2)c(F)c1.[Pt+2].[Pt+2].[Pt+2].[Pt].[S-]c1ccccc1-c1ccnc(-c2nccc(-c3ccccc3[S-])n2)n1.[c-]1ccccc1-c1cccc(N(c2ccccc2)c2cccc(-c3[c-]cccc3)n2)n1. The fraction of sp³-hybridized carbons (Fsp3) is 0.0426.